The highest BCUT2D eigenvalue weighted by molar-refractivity contribution is 5.80. The molecule has 0 heterocycles. The van der Waals surface area contributed by atoms with Crippen molar-refractivity contribution in [3.05, 3.63) is 0 Å². The molecule has 0 amide bonds. The first kappa shape index (κ1) is 19.4. The van der Waals surface area contributed by atoms with Crippen molar-refractivity contribution in [2.45, 2.75) is 72.4 Å². The van der Waals surface area contributed by atoms with Crippen LogP contribution in [-0.2, 0) is 9.53 Å². The quantitative estimate of drug-likeness (QED) is 0.593. The van der Waals surface area contributed by atoms with Crippen LogP contribution in [0.4, 0.5) is 0 Å². The maximum Gasteiger partial charge on any atom is 0.326 e. The molecule has 1 unspecified atom stereocenters. The molecule has 0 radical (unpaired) electrons. The van der Waals surface area contributed by atoms with E-state index < -0.39 is 5.54 Å². The van der Waals surface area contributed by atoms with E-state index in [9.17, 15) is 4.79 Å². The van der Waals surface area contributed by atoms with Gasteiger partial charge in [-0.1, -0.05) is 20.3 Å². The van der Waals surface area contributed by atoms with Gasteiger partial charge in [0, 0.05) is 12.6 Å². The summed E-state index contributed by atoms with van der Waals surface area (Å²) < 4.78 is 5.24. The van der Waals surface area contributed by atoms with Gasteiger partial charge in [-0.05, 0) is 53.6 Å². The van der Waals surface area contributed by atoms with Crippen LogP contribution in [0.1, 0.15) is 60.8 Å². The second-order valence-electron chi connectivity index (χ2n) is 5.89. The molecule has 0 saturated carbocycles. The van der Waals surface area contributed by atoms with Crippen LogP contribution < -0.4 is 5.32 Å². The molecule has 0 bridgehead atoms. The van der Waals surface area contributed by atoms with E-state index in [0.717, 1.165) is 26.1 Å². The Morgan fingerprint density at radius 2 is 1.90 bits per heavy atom. The fourth-order valence-corrected chi connectivity index (χ4v) is 2.35. The van der Waals surface area contributed by atoms with Crippen LogP contribution in [-0.4, -0.2) is 48.7 Å². The molecule has 4 heteroatoms. The Kier molecular flexibility index (Phi) is 9.86. The SMILES string of the molecule is CCCCN(CC)CCC(C)(NC(C)C)C(=O)OCC. The summed E-state index contributed by atoms with van der Waals surface area (Å²) >= 11 is 0. The molecule has 0 aromatic rings. The van der Waals surface area contributed by atoms with Gasteiger partial charge < -0.3 is 9.64 Å². The van der Waals surface area contributed by atoms with Gasteiger partial charge in [-0.3, -0.25) is 10.1 Å². The van der Waals surface area contributed by atoms with E-state index in [2.05, 4.69) is 37.9 Å². The van der Waals surface area contributed by atoms with Gasteiger partial charge in [0.1, 0.15) is 5.54 Å². The van der Waals surface area contributed by atoms with Gasteiger partial charge in [-0.2, -0.15) is 0 Å². The van der Waals surface area contributed by atoms with E-state index in [1.54, 1.807) is 0 Å². The lowest BCUT2D eigenvalue weighted by molar-refractivity contribution is -0.151. The summed E-state index contributed by atoms with van der Waals surface area (Å²) in [5.41, 5.74) is -0.593. The third-order valence-corrected chi connectivity index (χ3v) is 3.54. The van der Waals surface area contributed by atoms with Crippen molar-refractivity contribution in [1.82, 2.24) is 10.2 Å². The van der Waals surface area contributed by atoms with Crippen molar-refractivity contribution in [3.8, 4) is 0 Å². The average Bonchev–Trinajstić information content (AvgIpc) is 2.38. The van der Waals surface area contributed by atoms with Gasteiger partial charge in [0.15, 0.2) is 0 Å². The van der Waals surface area contributed by atoms with Crippen LogP contribution in [0.2, 0.25) is 0 Å². The van der Waals surface area contributed by atoms with E-state index in [0.29, 0.717) is 6.61 Å². The third kappa shape index (κ3) is 7.25. The molecule has 4 nitrogen and oxygen atoms in total. The Labute approximate surface area is 125 Å². The van der Waals surface area contributed by atoms with E-state index in [-0.39, 0.29) is 12.0 Å². The average molecular weight is 286 g/mol. The highest BCUT2D eigenvalue weighted by atomic mass is 16.5. The smallest absolute Gasteiger partial charge is 0.326 e. The molecule has 0 aliphatic carbocycles. The lowest BCUT2D eigenvalue weighted by Crippen LogP contribution is -2.54. The fraction of sp³-hybridized carbons (Fsp3) is 0.938. The molecule has 0 aliphatic heterocycles. The molecule has 1 atom stereocenters. The lowest BCUT2D eigenvalue weighted by Gasteiger charge is -2.33. The topological polar surface area (TPSA) is 41.6 Å². The second kappa shape index (κ2) is 10.2. The van der Waals surface area contributed by atoms with Crippen molar-refractivity contribution in [3.63, 3.8) is 0 Å². The zero-order valence-corrected chi connectivity index (χ0v) is 14.3. The van der Waals surface area contributed by atoms with Crippen LogP contribution in [0, 0.1) is 0 Å². The first-order valence-electron chi connectivity index (χ1n) is 8.06. The predicted octanol–water partition coefficient (Wildman–Crippen LogP) is 2.82. The Bertz CT molecular complexity index is 269. The second-order valence-corrected chi connectivity index (χ2v) is 5.89. The number of ether oxygens (including phenoxy) is 1. The van der Waals surface area contributed by atoms with Gasteiger partial charge in [0.25, 0.3) is 0 Å². The first-order chi connectivity index (χ1) is 9.39. The molecule has 0 aliphatic rings. The summed E-state index contributed by atoms with van der Waals surface area (Å²) in [6.07, 6.45) is 3.19. The number of hydrogen-bond acceptors (Lipinski definition) is 4. The molecule has 120 valence electrons. The maximum atomic E-state index is 12.2. The van der Waals surface area contributed by atoms with Crippen LogP contribution in [0.15, 0.2) is 0 Å². The van der Waals surface area contributed by atoms with Crippen molar-refractivity contribution in [1.29, 1.82) is 0 Å². The van der Waals surface area contributed by atoms with Crippen molar-refractivity contribution in [2.24, 2.45) is 0 Å². The molecule has 0 aromatic carbocycles. The normalized spacial score (nSPS) is 14.6. The molecular weight excluding hydrogens is 252 g/mol. The minimum atomic E-state index is -0.593. The van der Waals surface area contributed by atoms with Gasteiger partial charge in [-0.25, -0.2) is 0 Å². The molecule has 1 N–H and O–H groups in total. The monoisotopic (exact) mass is 286 g/mol. The number of hydrogen-bond donors (Lipinski definition) is 1. The summed E-state index contributed by atoms with van der Waals surface area (Å²) in [5.74, 6) is -0.139. The molecule has 0 saturated heterocycles. The standard InChI is InChI=1S/C16H34N2O2/c1-7-10-12-18(8-2)13-11-16(6,17-14(4)5)15(19)20-9-3/h14,17H,7-13H2,1-6H3. The summed E-state index contributed by atoms with van der Waals surface area (Å²) in [6.45, 7) is 15.8. The summed E-state index contributed by atoms with van der Waals surface area (Å²) in [7, 11) is 0. The largest absolute Gasteiger partial charge is 0.465 e. The van der Waals surface area contributed by atoms with Gasteiger partial charge in [-0.15, -0.1) is 0 Å². The zero-order chi connectivity index (χ0) is 15.6. The van der Waals surface area contributed by atoms with Crippen LogP contribution >= 0.6 is 0 Å². The number of carbonyl (C=O) groups is 1. The minimum Gasteiger partial charge on any atom is -0.465 e. The summed E-state index contributed by atoms with van der Waals surface area (Å²) in [4.78, 5) is 14.6. The predicted molar refractivity (Wildman–Crippen MR) is 84.9 cm³/mol. The van der Waals surface area contributed by atoms with E-state index in [1.165, 1.54) is 12.8 Å². The van der Waals surface area contributed by atoms with Crippen molar-refractivity contribution >= 4 is 5.97 Å². The fourth-order valence-electron chi connectivity index (χ4n) is 2.35. The van der Waals surface area contributed by atoms with E-state index in [1.807, 2.05) is 13.8 Å². The highest BCUT2D eigenvalue weighted by Gasteiger charge is 2.35. The lowest BCUT2D eigenvalue weighted by atomic mass is 9.96. The van der Waals surface area contributed by atoms with Gasteiger partial charge in [0.2, 0.25) is 0 Å². The maximum absolute atomic E-state index is 12.2. The van der Waals surface area contributed by atoms with Crippen LogP contribution in [0.25, 0.3) is 0 Å². The third-order valence-electron chi connectivity index (χ3n) is 3.54. The molecule has 0 rings (SSSR count). The molecule has 0 fully saturated rings. The van der Waals surface area contributed by atoms with E-state index >= 15 is 0 Å². The minimum absolute atomic E-state index is 0.139. The van der Waals surface area contributed by atoms with Crippen molar-refractivity contribution < 1.29 is 9.53 Å². The molecular formula is C16H34N2O2. The molecule has 0 aromatic heterocycles. The summed E-state index contributed by atoms with van der Waals surface area (Å²) in [6, 6.07) is 0.259. The van der Waals surface area contributed by atoms with E-state index in [4.69, 9.17) is 4.74 Å². The molecule has 0 spiro atoms. The van der Waals surface area contributed by atoms with Crippen LogP contribution in [0.3, 0.4) is 0 Å². The number of carbonyl (C=O) groups excluding carboxylic acids is 1. The summed E-state index contributed by atoms with van der Waals surface area (Å²) in [5, 5.41) is 3.38. The number of nitrogens with one attached hydrogen (secondary N) is 1. The number of esters is 1. The van der Waals surface area contributed by atoms with Gasteiger partial charge in [0.05, 0.1) is 6.61 Å². The Morgan fingerprint density at radius 1 is 1.25 bits per heavy atom. The van der Waals surface area contributed by atoms with Gasteiger partial charge >= 0.3 is 5.97 Å². The Balaban J connectivity index is 4.59. The highest BCUT2D eigenvalue weighted by Crippen LogP contribution is 2.15. The molecule has 20 heavy (non-hydrogen) atoms. The zero-order valence-electron chi connectivity index (χ0n) is 14.3. The number of nitrogens with zero attached hydrogens (tertiary/aromatic N) is 1. The van der Waals surface area contributed by atoms with Crippen molar-refractivity contribution in [2.75, 3.05) is 26.2 Å². The number of unbranched alkanes of at least 4 members (excludes halogenated alkanes) is 1. The Hall–Kier alpha value is -0.610. The number of rotatable bonds is 11. The first-order valence-corrected chi connectivity index (χ1v) is 8.06. The van der Waals surface area contributed by atoms with Crippen LogP contribution in [0.5, 0.6) is 0 Å². The Morgan fingerprint density at radius 3 is 2.35 bits per heavy atom.